The molecule has 1 saturated heterocycles. The Bertz CT molecular complexity index is 967. The minimum absolute atomic E-state index is 0.112. The Hall–Kier alpha value is -2.89. The number of benzene rings is 2. The molecular weight excluding hydrogens is 366 g/mol. The summed E-state index contributed by atoms with van der Waals surface area (Å²) in [4.78, 5) is 39.5. The first-order chi connectivity index (χ1) is 13.9. The van der Waals surface area contributed by atoms with Crippen LogP contribution in [-0.2, 0) is 15.1 Å². The van der Waals surface area contributed by atoms with Crippen molar-refractivity contribution in [2.45, 2.75) is 51.1 Å². The summed E-state index contributed by atoms with van der Waals surface area (Å²) in [6, 6.07) is 13.0. The highest BCUT2D eigenvalue weighted by Crippen LogP contribution is 2.33. The van der Waals surface area contributed by atoms with E-state index in [2.05, 4.69) is 17.6 Å². The molecule has 0 bridgehead atoms. The van der Waals surface area contributed by atoms with Crippen LogP contribution >= 0.6 is 0 Å². The molecule has 4 rings (SSSR count). The predicted octanol–water partition coefficient (Wildman–Crippen LogP) is 3.30. The highest BCUT2D eigenvalue weighted by molar-refractivity contribution is 6.10. The van der Waals surface area contributed by atoms with E-state index in [4.69, 9.17) is 0 Å². The topological polar surface area (TPSA) is 78.5 Å². The molecule has 2 N–H and O–H groups in total. The lowest BCUT2D eigenvalue weighted by atomic mass is 9.86. The lowest BCUT2D eigenvalue weighted by molar-refractivity contribution is -0.135. The fourth-order valence-corrected chi connectivity index (χ4v) is 4.61. The average Bonchev–Trinajstić information content (AvgIpc) is 2.93. The van der Waals surface area contributed by atoms with E-state index in [1.165, 1.54) is 6.42 Å². The number of carbonyl (C=O) groups excluding carboxylic acids is 3. The highest BCUT2D eigenvalue weighted by Gasteiger charge is 2.50. The van der Waals surface area contributed by atoms with Crippen molar-refractivity contribution in [1.82, 2.24) is 15.5 Å². The quantitative estimate of drug-likeness (QED) is 0.783. The number of hydrogen-bond acceptors (Lipinski definition) is 3. The van der Waals surface area contributed by atoms with Gasteiger partial charge in [0.05, 0.1) is 0 Å². The second-order valence-electron chi connectivity index (χ2n) is 8.41. The molecule has 3 atom stereocenters. The van der Waals surface area contributed by atoms with E-state index in [0.717, 1.165) is 40.5 Å². The Morgan fingerprint density at radius 1 is 1.14 bits per heavy atom. The minimum atomic E-state index is -1.20. The third kappa shape index (κ3) is 3.48. The van der Waals surface area contributed by atoms with Crippen molar-refractivity contribution in [2.24, 2.45) is 5.92 Å². The Morgan fingerprint density at radius 3 is 2.66 bits per heavy atom. The summed E-state index contributed by atoms with van der Waals surface area (Å²) < 4.78 is 0. The van der Waals surface area contributed by atoms with Gasteiger partial charge in [-0.05, 0) is 42.0 Å². The zero-order valence-corrected chi connectivity index (χ0v) is 16.9. The van der Waals surface area contributed by atoms with Crippen LogP contribution < -0.4 is 10.6 Å². The molecule has 6 nitrogen and oxygen atoms in total. The summed E-state index contributed by atoms with van der Waals surface area (Å²) in [5.74, 6) is -0.267. The minimum Gasteiger partial charge on any atom is -0.352 e. The lowest BCUT2D eigenvalue weighted by Gasteiger charge is -2.30. The summed E-state index contributed by atoms with van der Waals surface area (Å²) in [5.41, 5.74) is -0.464. The second-order valence-corrected chi connectivity index (χ2v) is 8.41. The molecular formula is C23H27N3O3. The molecule has 0 spiro atoms. The van der Waals surface area contributed by atoms with Crippen molar-refractivity contribution in [2.75, 3.05) is 6.54 Å². The molecule has 1 saturated carbocycles. The normalized spacial score (nSPS) is 27.2. The Morgan fingerprint density at radius 2 is 1.86 bits per heavy atom. The van der Waals surface area contributed by atoms with Crippen LogP contribution in [0.3, 0.4) is 0 Å². The zero-order chi connectivity index (χ0) is 20.6. The maximum atomic E-state index is 13.2. The molecule has 0 aromatic heterocycles. The van der Waals surface area contributed by atoms with Gasteiger partial charge in [0.25, 0.3) is 5.91 Å². The van der Waals surface area contributed by atoms with Gasteiger partial charge in [0.2, 0.25) is 5.91 Å². The van der Waals surface area contributed by atoms with E-state index in [0.29, 0.717) is 5.92 Å². The molecule has 6 heteroatoms. The Balaban J connectivity index is 1.54. The maximum Gasteiger partial charge on any atom is 0.325 e. The summed E-state index contributed by atoms with van der Waals surface area (Å²) >= 11 is 0. The zero-order valence-electron chi connectivity index (χ0n) is 16.9. The molecule has 2 fully saturated rings. The van der Waals surface area contributed by atoms with Crippen LogP contribution in [0, 0.1) is 5.92 Å². The summed E-state index contributed by atoms with van der Waals surface area (Å²) in [5, 5.41) is 7.74. The number of carbonyl (C=O) groups is 3. The van der Waals surface area contributed by atoms with Gasteiger partial charge in [-0.2, -0.15) is 0 Å². The van der Waals surface area contributed by atoms with Crippen molar-refractivity contribution in [3.05, 3.63) is 48.0 Å². The predicted molar refractivity (Wildman–Crippen MR) is 111 cm³/mol. The van der Waals surface area contributed by atoms with E-state index in [-0.39, 0.29) is 18.5 Å². The number of nitrogens with zero attached hydrogens (tertiary/aromatic N) is 1. The molecule has 1 aliphatic carbocycles. The van der Waals surface area contributed by atoms with E-state index >= 15 is 0 Å². The number of rotatable bonds is 4. The lowest BCUT2D eigenvalue weighted by Crippen LogP contribution is -2.47. The largest absolute Gasteiger partial charge is 0.352 e. The van der Waals surface area contributed by atoms with Gasteiger partial charge in [0.1, 0.15) is 12.1 Å². The second kappa shape index (κ2) is 7.50. The first kappa shape index (κ1) is 19.4. The molecule has 152 valence electrons. The number of imide groups is 1. The molecule has 2 aromatic rings. The fourth-order valence-electron chi connectivity index (χ4n) is 4.61. The van der Waals surface area contributed by atoms with Crippen LogP contribution in [0.2, 0.25) is 0 Å². The smallest absolute Gasteiger partial charge is 0.325 e. The van der Waals surface area contributed by atoms with Crippen LogP contribution in [0.1, 0.15) is 45.1 Å². The molecule has 0 radical (unpaired) electrons. The maximum absolute atomic E-state index is 13.2. The van der Waals surface area contributed by atoms with Gasteiger partial charge in [0, 0.05) is 6.04 Å². The molecule has 29 heavy (non-hydrogen) atoms. The number of nitrogens with one attached hydrogen (secondary N) is 2. The number of fused-ring (bicyclic) bond motifs is 1. The first-order valence-electron chi connectivity index (χ1n) is 10.3. The van der Waals surface area contributed by atoms with Crippen molar-refractivity contribution >= 4 is 28.6 Å². The SMILES string of the molecule is C[C@@H]1CCCC[C@H]1NC(=O)CN1C(=O)N[C@@](C)(c2cccc3ccccc23)C1=O. The first-order valence-corrected chi connectivity index (χ1v) is 10.3. The van der Waals surface area contributed by atoms with E-state index in [1.54, 1.807) is 6.92 Å². The molecule has 4 amide bonds. The Kier molecular flexibility index (Phi) is 5.03. The van der Waals surface area contributed by atoms with Gasteiger partial charge in [-0.1, -0.05) is 62.2 Å². The average molecular weight is 393 g/mol. The molecule has 2 aliphatic rings. The van der Waals surface area contributed by atoms with Crippen molar-refractivity contribution in [3.63, 3.8) is 0 Å². The Labute approximate surface area is 170 Å². The number of urea groups is 1. The van der Waals surface area contributed by atoms with Gasteiger partial charge in [-0.15, -0.1) is 0 Å². The van der Waals surface area contributed by atoms with E-state index in [1.807, 2.05) is 42.5 Å². The van der Waals surface area contributed by atoms with Crippen molar-refractivity contribution < 1.29 is 14.4 Å². The van der Waals surface area contributed by atoms with Gasteiger partial charge < -0.3 is 10.6 Å². The van der Waals surface area contributed by atoms with E-state index in [9.17, 15) is 14.4 Å². The van der Waals surface area contributed by atoms with Crippen LogP contribution in [0.5, 0.6) is 0 Å². The number of hydrogen-bond donors (Lipinski definition) is 2. The van der Waals surface area contributed by atoms with Gasteiger partial charge in [-0.3, -0.25) is 14.5 Å². The van der Waals surface area contributed by atoms with Crippen LogP contribution in [0.4, 0.5) is 4.79 Å². The van der Waals surface area contributed by atoms with Gasteiger partial charge in [-0.25, -0.2) is 4.79 Å². The fraction of sp³-hybridized carbons (Fsp3) is 0.435. The monoisotopic (exact) mass is 393 g/mol. The molecule has 0 unspecified atom stereocenters. The van der Waals surface area contributed by atoms with Gasteiger partial charge in [0.15, 0.2) is 0 Å². The molecule has 1 heterocycles. The summed E-state index contributed by atoms with van der Waals surface area (Å²) in [6.07, 6.45) is 4.31. The highest BCUT2D eigenvalue weighted by atomic mass is 16.2. The third-order valence-corrected chi connectivity index (χ3v) is 6.36. The van der Waals surface area contributed by atoms with Crippen LogP contribution in [-0.4, -0.2) is 35.3 Å². The van der Waals surface area contributed by atoms with Crippen molar-refractivity contribution in [3.8, 4) is 0 Å². The molecule has 2 aromatic carbocycles. The number of amides is 4. The summed E-state index contributed by atoms with van der Waals surface area (Å²) in [7, 11) is 0. The van der Waals surface area contributed by atoms with Crippen LogP contribution in [0.15, 0.2) is 42.5 Å². The van der Waals surface area contributed by atoms with Crippen LogP contribution in [0.25, 0.3) is 10.8 Å². The standard InChI is InChI=1S/C23H27N3O3/c1-15-8-3-6-13-19(15)24-20(27)14-26-21(28)23(2,25-22(26)29)18-12-7-10-16-9-4-5-11-17(16)18/h4-5,7,9-12,15,19H,3,6,8,13-14H2,1-2H3,(H,24,27)(H,25,29)/t15-,19-,23+/m1/s1. The van der Waals surface area contributed by atoms with Gasteiger partial charge >= 0.3 is 6.03 Å². The molecule has 1 aliphatic heterocycles. The summed E-state index contributed by atoms with van der Waals surface area (Å²) in [6.45, 7) is 3.58. The van der Waals surface area contributed by atoms with E-state index < -0.39 is 17.5 Å². The van der Waals surface area contributed by atoms with Crippen molar-refractivity contribution in [1.29, 1.82) is 0 Å². The third-order valence-electron chi connectivity index (χ3n) is 6.36.